The molecule has 3 atom stereocenters. The van der Waals surface area contributed by atoms with Crippen LogP contribution in [0.2, 0.25) is 0 Å². The molecule has 2 rings (SSSR count). The molecule has 2 aliphatic rings. The summed E-state index contributed by atoms with van der Waals surface area (Å²) in [6.07, 6.45) is 2.11. The van der Waals surface area contributed by atoms with Crippen molar-refractivity contribution >= 4 is 11.9 Å². The molecular formula is C15H20O4. The lowest BCUT2D eigenvalue weighted by molar-refractivity contribution is -0.148. The predicted molar refractivity (Wildman–Crippen MR) is 70.2 cm³/mol. The molecule has 0 amide bonds. The zero-order chi connectivity index (χ0) is 14.2. The fraction of sp³-hybridized carbons (Fsp3) is 0.600. The van der Waals surface area contributed by atoms with Crippen molar-refractivity contribution in [1.82, 2.24) is 0 Å². The van der Waals surface area contributed by atoms with E-state index in [2.05, 4.69) is 13.2 Å². The lowest BCUT2D eigenvalue weighted by Crippen LogP contribution is -2.37. The second-order valence-corrected chi connectivity index (χ2v) is 5.80. The van der Waals surface area contributed by atoms with Gasteiger partial charge >= 0.3 is 11.9 Å². The molecule has 0 aromatic rings. The summed E-state index contributed by atoms with van der Waals surface area (Å²) in [5, 5.41) is 0. The van der Waals surface area contributed by atoms with Gasteiger partial charge in [-0.05, 0) is 32.6 Å². The molecule has 104 valence electrons. The lowest BCUT2D eigenvalue weighted by atomic mass is 9.74. The molecule has 0 heterocycles. The normalized spacial score (nSPS) is 30.6. The van der Waals surface area contributed by atoms with Crippen LogP contribution in [0.4, 0.5) is 0 Å². The predicted octanol–water partition coefficient (Wildman–Crippen LogP) is 2.25. The Bertz CT molecular complexity index is 449. The van der Waals surface area contributed by atoms with Crippen molar-refractivity contribution in [3.05, 3.63) is 24.3 Å². The van der Waals surface area contributed by atoms with Gasteiger partial charge in [0.15, 0.2) is 0 Å². The van der Waals surface area contributed by atoms with Crippen molar-refractivity contribution in [3.63, 3.8) is 0 Å². The number of rotatable bonds is 6. The average Bonchev–Trinajstić information content (AvgIpc) is 2.91. The van der Waals surface area contributed by atoms with E-state index < -0.39 is 0 Å². The molecule has 2 aliphatic carbocycles. The third-order valence-electron chi connectivity index (χ3n) is 4.25. The third kappa shape index (κ3) is 2.57. The van der Waals surface area contributed by atoms with Crippen LogP contribution in [-0.4, -0.2) is 25.2 Å². The Balaban J connectivity index is 1.79. The first-order chi connectivity index (χ1) is 8.86. The Morgan fingerprint density at radius 2 is 1.74 bits per heavy atom. The Labute approximate surface area is 113 Å². The minimum absolute atomic E-state index is 0.0560. The van der Waals surface area contributed by atoms with Crippen LogP contribution in [0.1, 0.15) is 26.7 Å². The Morgan fingerprint density at radius 1 is 1.16 bits per heavy atom. The topological polar surface area (TPSA) is 52.6 Å². The summed E-state index contributed by atoms with van der Waals surface area (Å²) >= 11 is 0. The molecule has 0 aliphatic heterocycles. The zero-order valence-corrected chi connectivity index (χ0v) is 11.5. The van der Waals surface area contributed by atoms with E-state index in [-0.39, 0.29) is 17.4 Å². The summed E-state index contributed by atoms with van der Waals surface area (Å²) < 4.78 is 10.4. The van der Waals surface area contributed by atoms with Gasteiger partial charge in [-0.25, -0.2) is 9.59 Å². The number of carbonyl (C=O) groups is 2. The molecule has 0 bridgehead atoms. The SMILES string of the molecule is C=C(C)C(=O)OCC1CC2CC12COC(=O)C(=C)C. The van der Waals surface area contributed by atoms with Gasteiger partial charge in [0, 0.05) is 22.5 Å². The number of hydrogen-bond acceptors (Lipinski definition) is 4. The van der Waals surface area contributed by atoms with Crippen LogP contribution in [0.15, 0.2) is 24.3 Å². The Kier molecular flexibility index (Phi) is 3.52. The average molecular weight is 264 g/mol. The maximum Gasteiger partial charge on any atom is 0.333 e. The van der Waals surface area contributed by atoms with Crippen LogP contribution in [0.25, 0.3) is 0 Å². The minimum atomic E-state index is -0.349. The molecule has 2 fully saturated rings. The standard InChI is InChI=1S/C15H20O4/c1-9(2)13(16)18-7-12-5-11-6-15(11,12)8-19-14(17)10(3)4/h11-12H,1,3,5-8H2,2,4H3. The molecule has 0 aromatic heterocycles. The van der Waals surface area contributed by atoms with Gasteiger partial charge < -0.3 is 9.47 Å². The molecule has 3 unspecified atom stereocenters. The number of esters is 2. The lowest BCUT2D eigenvalue weighted by Gasteiger charge is -2.35. The van der Waals surface area contributed by atoms with Crippen LogP contribution in [-0.2, 0) is 19.1 Å². The highest BCUT2D eigenvalue weighted by atomic mass is 16.5. The van der Waals surface area contributed by atoms with Crippen molar-refractivity contribution < 1.29 is 19.1 Å². The van der Waals surface area contributed by atoms with Crippen LogP contribution >= 0.6 is 0 Å². The van der Waals surface area contributed by atoms with E-state index in [4.69, 9.17) is 9.47 Å². The second kappa shape index (κ2) is 4.83. The van der Waals surface area contributed by atoms with Gasteiger partial charge in [-0.1, -0.05) is 13.2 Å². The molecule has 4 heteroatoms. The van der Waals surface area contributed by atoms with Crippen molar-refractivity contribution in [2.45, 2.75) is 26.7 Å². The van der Waals surface area contributed by atoms with Gasteiger partial charge in [-0.3, -0.25) is 0 Å². The van der Waals surface area contributed by atoms with Gasteiger partial charge in [-0.2, -0.15) is 0 Å². The molecule has 4 nitrogen and oxygen atoms in total. The number of hydrogen-bond donors (Lipinski definition) is 0. The summed E-state index contributed by atoms with van der Waals surface area (Å²) in [6, 6.07) is 0. The molecular weight excluding hydrogens is 244 g/mol. The van der Waals surface area contributed by atoms with E-state index in [1.807, 2.05) is 0 Å². The van der Waals surface area contributed by atoms with Gasteiger partial charge in [0.1, 0.15) is 0 Å². The molecule has 0 aromatic carbocycles. The van der Waals surface area contributed by atoms with Crippen molar-refractivity contribution in [3.8, 4) is 0 Å². The fourth-order valence-electron chi connectivity index (χ4n) is 2.79. The molecule has 19 heavy (non-hydrogen) atoms. The number of carbonyl (C=O) groups excluding carboxylic acids is 2. The molecule has 0 spiro atoms. The monoisotopic (exact) mass is 264 g/mol. The highest BCUT2D eigenvalue weighted by molar-refractivity contribution is 5.87. The van der Waals surface area contributed by atoms with E-state index in [1.54, 1.807) is 13.8 Å². The smallest absolute Gasteiger partial charge is 0.333 e. The van der Waals surface area contributed by atoms with Crippen LogP contribution in [0.3, 0.4) is 0 Å². The van der Waals surface area contributed by atoms with Crippen molar-refractivity contribution in [2.75, 3.05) is 13.2 Å². The zero-order valence-electron chi connectivity index (χ0n) is 11.5. The summed E-state index contributed by atoms with van der Waals surface area (Å²) in [5.41, 5.74) is 0.883. The van der Waals surface area contributed by atoms with Gasteiger partial charge in [0.25, 0.3) is 0 Å². The van der Waals surface area contributed by atoms with Gasteiger partial charge in [0.2, 0.25) is 0 Å². The van der Waals surface area contributed by atoms with Crippen LogP contribution in [0.5, 0.6) is 0 Å². The minimum Gasteiger partial charge on any atom is -0.462 e. The second-order valence-electron chi connectivity index (χ2n) is 5.80. The van der Waals surface area contributed by atoms with E-state index >= 15 is 0 Å². The largest absolute Gasteiger partial charge is 0.462 e. The maximum atomic E-state index is 11.4. The van der Waals surface area contributed by atoms with Crippen LogP contribution in [0, 0.1) is 17.3 Å². The first kappa shape index (κ1) is 13.8. The summed E-state index contributed by atoms with van der Waals surface area (Å²) in [7, 11) is 0. The Hall–Kier alpha value is -1.58. The van der Waals surface area contributed by atoms with Crippen molar-refractivity contribution in [1.29, 1.82) is 0 Å². The maximum absolute atomic E-state index is 11.4. The fourth-order valence-corrected chi connectivity index (χ4v) is 2.79. The highest BCUT2D eigenvalue weighted by Gasteiger charge is 2.68. The summed E-state index contributed by atoms with van der Waals surface area (Å²) in [5.74, 6) is 0.237. The van der Waals surface area contributed by atoms with E-state index in [0.717, 1.165) is 12.8 Å². The first-order valence-electron chi connectivity index (χ1n) is 6.52. The molecule has 0 N–H and O–H groups in total. The van der Waals surface area contributed by atoms with Gasteiger partial charge in [-0.15, -0.1) is 0 Å². The highest BCUT2D eigenvalue weighted by Crippen LogP contribution is 2.71. The first-order valence-corrected chi connectivity index (χ1v) is 6.52. The summed E-state index contributed by atoms with van der Waals surface area (Å²) in [6.45, 7) is 11.2. The Morgan fingerprint density at radius 3 is 2.21 bits per heavy atom. The van der Waals surface area contributed by atoms with Crippen molar-refractivity contribution in [2.24, 2.45) is 17.3 Å². The molecule has 2 saturated carbocycles. The summed E-state index contributed by atoms with van der Waals surface area (Å²) in [4.78, 5) is 22.7. The number of ether oxygens (including phenoxy) is 2. The molecule has 0 radical (unpaired) electrons. The molecule has 0 saturated heterocycles. The van der Waals surface area contributed by atoms with Crippen LogP contribution < -0.4 is 0 Å². The van der Waals surface area contributed by atoms with E-state index in [0.29, 0.717) is 36.2 Å². The van der Waals surface area contributed by atoms with Gasteiger partial charge in [0.05, 0.1) is 13.2 Å². The third-order valence-corrected chi connectivity index (χ3v) is 4.25. The quantitative estimate of drug-likeness (QED) is 0.545. The van der Waals surface area contributed by atoms with E-state index in [9.17, 15) is 9.59 Å². The van der Waals surface area contributed by atoms with E-state index in [1.165, 1.54) is 0 Å². The number of fused-ring (bicyclic) bond motifs is 1.